The van der Waals surface area contributed by atoms with Gasteiger partial charge in [-0.05, 0) is 30.5 Å². The van der Waals surface area contributed by atoms with Crippen LogP contribution in [0.25, 0.3) is 0 Å². The van der Waals surface area contributed by atoms with Crippen molar-refractivity contribution in [2.45, 2.75) is 18.3 Å². The van der Waals surface area contributed by atoms with Crippen molar-refractivity contribution in [3.8, 4) is 0 Å². The van der Waals surface area contributed by atoms with Crippen molar-refractivity contribution in [3.63, 3.8) is 0 Å². The van der Waals surface area contributed by atoms with E-state index in [2.05, 4.69) is 5.32 Å². The van der Waals surface area contributed by atoms with Crippen LogP contribution in [0.2, 0.25) is 5.02 Å². The molecule has 4 nitrogen and oxygen atoms in total. The molecule has 0 aromatic heterocycles. The number of carbonyl (C=O) groups excluding carboxylic acids is 1. The van der Waals surface area contributed by atoms with Crippen LogP contribution in [0.4, 0.5) is 0 Å². The number of nitrogens with one attached hydrogen (secondary N) is 1. The zero-order chi connectivity index (χ0) is 14.7. The average molecular weight is 309 g/mol. The first-order chi connectivity index (χ1) is 10.2. The summed E-state index contributed by atoms with van der Waals surface area (Å²) >= 11 is 6.15. The van der Waals surface area contributed by atoms with Crippen LogP contribution in [-0.4, -0.2) is 50.2 Å². The first-order valence-corrected chi connectivity index (χ1v) is 7.94. The Bertz CT molecular complexity index is 509. The summed E-state index contributed by atoms with van der Waals surface area (Å²) in [7, 11) is 0. The fourth-order valence-corrected chi connectivity index (χ4v) is 3.49. The predicted octanol–water partition coefficient (Wildman–Crippen LogP) is 1.82. The maximum Gasteiger partial charge on any atom is 0.233 e. The van der Waals surface area contributed by atoms with Crippen LogP contribution in [0.5, 0.6) is 0 Å². The van der Waals surface area contributed by atoms with Crippen molar-refractivity contribution in [2.75, 3.05) is 39.4 Å². The average Bonchev–Trinajstić information content (AvgIpc) is 2.55. The molecule has 2 heterocycles. The largest absolute Gasteiger partial charge is 0.381 e. The minimum atomic E-state index is -0.472. The van der Waals surface area contributed by atoms with Gasteiger partial charge in [0.1, 0.15) is 0 Å². The predicted molar refractivity (Wildman–Crippen MR) is 82.6 cm³/mol. The first-order valence-electron chi connectivity index (χ1n) is 7.56. The molecule has 0 saturated carbocycles. The maximum absolute atomic E-state index is 13.2. The number of rotatable bonds is 2. The monoisotopic (exact) mass is 308 g/mol. The van der Waals surface area contributed by atoms with E-state index < -0.39 is 5.41 Å². The normalized spacial score (nSPS) is 22.0. The molecule has 3 rings (SSSR count). The number of benzene rings is 1. The van der Waals surface area contributed by atoms with Crippen molar-refractivity contribution >= 4 is 17.5 Å². The Kier molecular flexibility index (Phi) is 4.48. The number of halogens is 1. The van der Waals surface area contributed by atoms with E-state index in [1.807, 2.05) is 29.2 Å². The van der Waals surface area contributed by atoms with Gasteiger partial charge in [-0.1, -0.05) is 23.7 Å². The summed E-state index contributed by atoms with van der Waals surface area (Å²) in [6, 6.07) is 7.75. The van der Waals surface area contributed by atoms with Crippen LogP contribution < -0.4 is 5.32 Å². The fraction of sp³-hybridized carbons (Fsp3) is 0.562. The zero-order valence-corrected chi connectivity index (χ0v) is 12.9. The highest BCUT2D eigenvalue weighted by atomic mass is 35.5. The van der Waals surface area contributed by atoms with Crippen molar-refractivity contribution in [1.29, 1.82) is 0 Å². The van der Waals surface area contributed by atoms with Gasteiger partial charge < -0.3 is 15.0 Å². The Balaban J connectivity index is 1.94. The minimum Gasteiger partial charge on any atom is -0.381 e. The number of amides is 1. The molecule has 114 valence electrons. The molecule has 0 radical (unpaired) electrons. The van der Waals surface area contributed by atoms with Crippen LogP contribution in [0.15, 0.2) is 24.3 Å². The first kappa shape index (κ1) is 14.8. The number of piperazine rings is 1. The van der Waals surface area contributed by atoms with Gasteiger partial charge in [0, 0.05) is 44.4 Å². The molecule has 5 heteroatoms. The third-order valence-electron chi connectivity index (χ3n) is 4.54. The molecule has 21 heavy (non-hydrogen) atoms. The van der Waals surface area contributed by atoms with E-state index in [1.54, 1.807) is 0 Å². The number of ether oxygens (including phenoxy) is 1. The van der Waals surface area contributed by atoms with E-state index in [1.165, 1.54) is 0 Å². The molecule has 2 fully saturated rings. The molecule has 2 aliphatic heterocycles. The molecular weight excluding hydrogens is 288 g/mol. The van der Waals surface area contributed by atoms with E-state index in [0.29, 0.717) is 18.2 Å². The maximum atomic E-state index is 13.2. The summed E-state index contributed by atoms with van der Waals surface area (Å²) in [5, 5.41) is 3.98. The smallest absolute Gasteiger partial charge is 0.233 e. The molecule has 1 aromatic rings. The van der Waals surface area contributed by atoms with E-state index >= 15 is 0 Å². The molecule has 1 N–H and O–H groups in total. The van der Waals surface area contributed by atoms with Gasteiger partial charge in [0.05, 0.1) is 5.41 Å². The molecule has 0 bridgehead atoms. The summed E-state index contributed by atoms with van der Waals surface area (Å²) in [6.45, 7) is 4.56. The van der Waals surface area contributed by atoms with E-state index in [9.17, 15) is 4.79 Å². The molecular formula is C16H21ClN2O2. The number of hydrogen-bond donors (Lipinski definition) is 1. The highest BCUT2D eigenvalue weighted by Crippen LogP contribution is 2.37. The van der Waals surface area contributed by atoms with E-state index in [0.717, 1.165) is 44.6 Å². The van der Waals surface area contributed by atoms with Crippen LogP contribution in [-0.2, 0) is 14.9 Å². The second kappa shape index (κ2) is 6.34. The SMILES string of the molecule is O=C(N1CCNCC1)C1(c2cccc(Cl)c2)CCOCC1. The van der Waals surface area contributed by atoms with Gasteiger partial charge >= 0.3 is 0 Å². The van der Waals surface area contributed by atoms with Crippen LogP contribution in [0.1, 0.15) is 18.4 Å². The van der Waals surface area contributed by atoms with Crippen LogP contribution in [0.3, 0.4) is 0 Å². The lowest BCUT2D eigenvalue weighted by atomic mass is 9.73. The fourth-order valence-electron chi connectivity index (χ4n) is 3.30. The highest BCUT2D eigenvalue weighted by Gasteiger charge is 2.44. The van der Waals surface area contributed by atoms with Gasteiger partial charge in [0.25, 0.3) is 0 Å². The highest BCUT2D eigenvalue weighted by molar-refractivity contribution is 6.30. The molecule has 1 amide bonds. The van der Waals surface area contributed by atoms with Gasteiger partial charge in [-0.2, -0.15) is 0 Å². The third-order valence-corrected chi connectivity index (χ3v) is 4.77. The van der Waals surface area contributed by atoms with Crippen molar-refractivity contribution in [3.05, 3.63) is 34.9 Å². The number of nitrogens with zero attached hydrogens (tertiary/aromatic N) is 1. The van der Waals surface area contributed by atoms with Crippen LogP contribution in [0, 0.1) is 0 Å². The molecule has 0 atom stereocenters. The van der Waals surface area contributed by atoms with Gasteiger partial charge in [-0.15, -0.1) is 0 Å². The molecule has 1 aromatic carbocycles. The van der Waals surface area contributed by atoms with E-state index in [-0.39, 0.29) is 5.91 Å². The van der Waals surface area contributed by atoms with E-state index in [4.69, 9.17) is 16.3 Å². The number of carbonyl (C=O) groups is 1. The zero-order valence-electron chi connectivity index (χ0n) is 12.1. The second-order valence-corrected chi connectivity index (χ2v) is 6.18. The van der Waals surface area contributed by atoms with Gasteiger partial charge in [0.15, 0.2) is 0 Å². The quantitative estimate of drug-likeness (QED) is 0.906. The van der Waals surface area contributed by atoms with Gasteiger partial charge in [0.2, 0.25) is 5.91 Å². The summed E-state index contributed by atoms with van der Waals surface area (Å²) in [6.07, 6.45) is 1.46. The summed E-state index contributed by atoms with van der Waals surface area (Å²) in [5.41, 5.74) is 0.558. The van der Waals surface area contributed by atoms with Gasteiger partial charge in [-0.3, -0.25) is 4.79 Å². The lowest BCUT2D eigenvalue weighted by molar-refractivity contribution is -0.142. The lowest BCUT2D eigenvalue weighted by Crippen LogP contribution is -2.55. The Morgan fingerprint density at radius 2 is 1.95 bits per heavy atom. The molecule has 0 unspecified atom stereocenters. The molecule has 2 aliphatic rings. The third kappa shape index (κ3) is 2.93. The van der Waals surface area contributed by atoms with Gasteiger partial charge in [-0.25, -0.2) is 0 Å². The lowest BCUT2D eigenvalue weighted by Gasteiger charge is -2.41. The standard InChI is InChI=1S/C16H21ClN2O2/c17-14-3-1-2-13(12-14)16(4-10-21-11-5-16)15(20)19-8-6-18-7-9-19/h1-3,12,18H,4-11H2. The molecule has 2 saturated heterocycles. The Morgan fingerprint density at radius 3 is 2.62 bits per heavy atom. The second-order valence-electron chi connectivity index (χ2n) is 5.75. The van der Waals surface area contributed by atoms with Crippen molar-refractivity contribution in [2.24, 2.45) is 0 Å². The van der Waals surface area contributed by atoms with Crippen molar-refractivity contribution in [1.82, 2.24) is 10.2 Å². The molecule has 0 spiro atoms. The van der Waals surface area contributed by atoms with Crippen molar-refractivity contribution < 1.29 is 9.53 Å². The summed E-state index contributed by atoms with van der Waals surface area (Å²) in [5.74, 6) is 0.231. The Labute approximate surface area is 130 Å². The van der Waals surface area contributed by atoms with Crippen LogP contribution >= 0.6 is 11.6 Å². The summed E-state index contributed by atoms with van der Waals surface area (Å²) < 4.78 is 5.50. The number of hydrogen-bond acceptors (Lipinski definition) is 3. The Morgan fingerprint density at radius 1 is 1.24 bits per heavy atom. The molecule has 0 aliphatic carbocycles. The summed E-state index contributed by atoms with van der Waals surface area (Å²) in [4.78, 5) is 15.2. The topological polar surface area (TPSA) is 41.6 Å². The minimum absolute atomic E-state index is 0.231. The Hall–Kier alpha value is -1.10.